The van der Waals surface area contributed by atoms with E-state index < -0.39 is 6.29 Å². The lowest BCUT2D eigenvalue weighted by Crippen LogP contribution is -2.26. The molecule has 0 radical (unpaired) electrons. The number of aliphatic hydroxyl groups is 1. The highest BCUT2D eigenvalue weighted by Gasteiger charge is 2.16. The molecule has 1 aliphatic heterocycles. The minimum atomic E-state index is -0.817. The minimum absolute atomic E-state index is 0.217. The lowest BCUT2D eigenvalue weighted by atomic mass is 10.2. The largest absolute Gasteiger partial charge is 0.365 e. The zero-order valence-corrected chi connectivity index (χ0v) is 8.11. The van der Waals surface area contributed by atoms with E-state index in [0.717, 1.165) is 32.3 Å². The van der Waals surface area contributed by atoms with Crippen LogP contribution in [-0.2, 0) is 9.47 Å². The van der Waals surface area contributed by atoms with Crippen molar-refractivity contribution in [2.45, 2.75) is 45.2 Å². The molecule has 1 saturated heterocycles. The Morgan fingerprint density at radius 1 is 1.62 bits per heavy atom. The summed E-state index contributed by atoms with van der Waals surface area (Å²) in [6.07, 6.45) is 6.51. The summed E-state index contributed by atoms with van der Waals surface area (Å²) in [5.41, 5.74) is 0. The lowest BCUT2D eigenvalue weighted by molar-refractivity contribution is -0.223. The average molecular weight is 186 g/mol. The molecule has 1 heterocycles. The second-order valence-electron chi connectivity index (χ2n) is 3.16. The number of allylic oxidation sites excluding steroid dienone is 1. The summed E-state index contributed by atoms with van der Waals surface area (Å²) in [4.78, 5) is 0. The minimum Gasteiger partial charge on any atom is -0.365 e. The van der Waals surface area contributed by atoms with Crippen molar-refractivity contribution < 1.29 is 14.6 Å². The van der Waals surface area contributed by atoms with Crippen molar-refractivity contribution in [1.82, 2.24) is 0 Å². The van der Waals surface area contributed by atoms with E-state index in [1.807, 2.05) is 13.0 Å². The Hall–Kier alpha value is -0.380. The molecule has 3 nitrogen and oxygen atoms in total. The molecule has 0 aliphatic carbocycles. The molecular weight excluding hydrogens is 168 g/mol. The number of aliphatic hydroxyl groups excluding tert-OH is 1. The van der Waals surface area contributed by atoms with Gasteiger partial charge >= 0.3 is 0 Å². The van der Waals surface area contributed by atoms with Gasteiger partial charge in [0.15, 0.2) is 12.6 Å². The van der Waals surface area contributed by atoms with Crippen LogP contribution in [0.5, 0.6) is 0 Å². The Morgan fingerprint density at radius 2 is 2.46 bits per heavy atom. The standard InChI is InChI=1S/C10H18O3/c1-2-3-6-9(11)13-10-7-4-5-8-12-10/h3,6,9-11H,2,4-5,7-8H2,1H3. The second-order valence-corrected chi connectivity index (χ2v) is 3.16. The average Bonchev–Trinajstić information content (AvgIpc) is 2.16. The van der Waals surface area contributed by atoms with E-state index in [1.165, 1.54) is 0 Å². The van der Waals surface area contributed by atoms with Gasteiger partial charge in [-0.2, -0.15) is 0 Å². The van der Waals surface area contributed by atoms with Gasteiger partial charge in [-0.05, 0) is 31.8 Å². The maximum Gasteiger partial charge on any atom is 0.177 e. The predicted octanol–water partition coefficient (Wildman–Crippen LogP) is 1.81. The quantitative estimate of drug-likeness (QED) is 0.537. The van der Waals surface area contributed by atoms with Crippen LogP contribution < -0.4 is 0 Å². The normalized spacial score (nSPS) is 26.5. The second kappa shape index (κ2) is 6.13. The van der Waals surface area contributed by atoms with Gasteiger partial charge in [-0.3, -0.25) is 0 Å². The summed E-state index contributed by atoms with van der Waals surface area (Å²) in [5.74, 6) is 0. The van der Waals surface area contributed by atoms with Gasteiger partial charge in [0.1, 0.15) is 0 Å². The summed E-state index contributed by atoms with van der Waals surface area (Å²) < 4.78 is 10.6. The SMILES string of the molecule is CCC=CC(O)OC1CCCCO1. The van der Waals surface area contributed by atoms with Crippen LogP contribution in [-0.4, -0.2) is 24.3 Å². The third-order valence-corrected chi connectivity index (χ3v) is 1.97. The summed E-state index contributed by atoms with van der Waals surface area (Å²) >= 11 is 0. The van der Waals surface area contributed by atoms with Gasteiger partial charge < -0.3 is 14.6 Å². The Bertz CT molecular complexity index is 150. The summed E-state index contributed by atoms with van der Waals surface area (Å²) in [6, 6.07) is 0. The molecule has 0 spiro atoms. The van der Waals surface area contributed by atoms with Gasteiger partial charge in [-0.15, -0.1) is 0 Å². The molecule has 1 aliphatic rings. The Balaban J connectivity index is 2.18. The first-order valence-electron chi connectivity index (χ1n) is 4.94. The highest BCUT2D eigenvalue weighted by Crippen LogP contribution is 2.14. The van der Waals surface area contributed by atoms with Crippen LogP contribution in [0.2, 0.25) is 0 Å². The van der Waals surface area contributed by atoms with E-state index in [1.54, 1.807) is 6.08 Å². The van der Waals surface area contributed by atoms with Crippen molar-refractivity contribution in [2.24, 2.45) is 0 Å². The molecule has 0 bridgehead atoms. The monoisotopic (exact) mass is 186 g/mol. The molecule has 2 unspecified atom stereocenters. The topological polar surface area (TPSA) is 38.7 Å². The van der Waals surface area contributed by atoms with E-state index in [4.69, 9.17) is 9.47 Å². The molecule has 0 aromatic rings. The molecule has 1 rings (SSSR count). The third-order valence-electron chi connectivity index (χ3n) is 1.97. The van der Waals surface area contributed by atoms with Crippen LogP contribution in [0.25, 0.3) is 0 Å². The number of hydrogen-bond donors (Lipinski definition) is 1. The molecule has 2 atom stereocenters. The number of hydrogen-bond acceptors (Lipinski definition) is 3. The highest BCUT2D eigenvalue weighted by molar-refractivity contribution is 4.83. The number of rotatable bonds is 4. The van der Waals surface area contributed by atoms with Crippen LogP contribution >= 0.6 is 0 Å². The van der Waals surface area contributed by atoms with Gasteiger partial charge in [0.2, 0.25) is 0 Å². The van der Waals surface area contributed by atoms with Crippen LogP contribution in [0.3, 0.4) is 0 Å². The van der Waals surface area contributed by atoms with Crippen molar-refractivity contribution in [3.05, 3.63) is 12.2 Å². The molecule has 3 heteroatoms. The van der Waals surface area contributed by atoms with Crippen molar-refractivity contribution in [3.63, 3.8) is 0 Å². The summed E-state index contributed by atoms with van der Waals surface area (Å²) in [6.45, 7) is 2.76. The molecule has 0 aromatic carbocycles. The zero-order valence-electron chi connectivity index (χ0n) is 8.11. The van der Waals surface area contributed by atoms with Crippen LogP contribution in [0.4, 0.5) is 0 Å². The molecule has 1 N–H and O–H groups in total. The lowest BCUT2D eigenvalue weighted by Gasteiger charge is -2.24. The molecular formula is C10H18O3. The molecule has 0 amide bonds. The fourth-order valence-electron chi connectivity index (χ4n) is 1.27. The maximum absolute atomic E-state index is 9.34. The van der Waals surface area contributed by atoms with Gasteiger partial charge in [-0.1, -0.05) is 13.0 Å². The molecule has 0 aromatic heterocycles. The van der Waals surface area contributed by atoms with Gasteiger partial charge in [0, 0.05) is 6.61 Å². The van der Waals surface area contributed by atoms with E-state index in [2.05, 4.69) is 0 Å². The summed E-state index contributed by atoms with van der Waals surface area (Å²) in [5, 5.41) is 9.34. The van der Waals surface area contributed by atoms with E-state index in [9.17, 15) is 5.11 Å². The van der Waals surface area contributed by atoms with Gasteiger partial charge in [-0.25, -0.2) is 0 Å². The highest BCUT2D eigenvalue weighted by atomic mass is 16.7. The Labute approximate surface area is 79.3 Å². The van der Waals surface area contributed by atoms with E-state index in [0.29, 0.717) is 0 Å². The fraction of sp³-hybridized carbons (Fsp3) is 0.800. The smallest absolute Gasteiger partial charge is 0.177 e. The molecule has 1 fully saturated rings. The fourth-order valence-corrected chi connectivity index (χ4v) is 1.27. The van der Waals surface area contributed by atoms with Gasteiger partial charge in [0.05, 0.1) is 0 Å². The predicted molar refractivity (Wildman–Crippen MR) is 50.1 cm³/mol. The van der Waals surface area contributed by atoms with Crippen LogP contribution in [0, 0.1) is 0 Å². The van der Waals surface area contributed by atoms with Crippen molar-refractivity contribution in [3.8, 4) is 0 Å². The number of ether oxygens (including phenoxy) is 2. The van der Waals surface area contributed by atoms with Gasteiger partial charge in [0.25, 0.3) is 0 Å². The van der Waals surface area contributed by atoms with Crippen molar-refractivity contribution in [1.29, 1.82) is 0 Å². The first kappa shape index (κ1) is 10.7. The van der Waals surface area contributed by atoms with Crippen LogP contribution in [0.15, 0.2) is 12.2 Å². The molecule has 76 valence electrons. The first-order valence-corrected chi connectivity index (χ1v) is 4.94. The summed E-state index contributed by atoms with van der Waals surface area (Å²) in [7, 11) is 0. The molecule has 13 heavy (non-hydrogen) atoms. The Morgan fingerprint density at radius 3 is 3.08 bits per heavy atom. The van der Waals surface area contributed by atoms with E-state index in [-0.39, 0.29) is 6.29 Å². The van der Waals surface area contributed by atoms with Crippen molar-refractivity contribution >= 4 is 0 Å². The van der Waals surface area contributed by atoms with E-state index >= 15 is 0 Å². The maximum atomic E-state index is 9.34. The first-order chi connectivity index (χ1) is 6.33. The van der Waals surface area contributed by atoms with Crippen molar-refractivity contribution in [2.75, 3.05) is 6.61 Å². The Kier molecular flexibility index (Phi) is 5.05. The third kappa shape index (κ3) is 4.41. The zero-order chi connectivity index (χ0) is 9.52. The molecule has 0 saturated carbocycles. The van der Waals surface area contributed by atoms with Crippen LogP contribution in [0.1, 0.15) is 32.6 Å².